The van der Waals surface area contributed by atoms with Crippen LogP contribution in [0.4, 0.5) is 8.78 Å². The highest BCUT2D eigenvalue weighted by Crippen LogP contribution is 2.05. The molecule has 0 aromatic heterocycles. The largest absolute Gasteiger partial charge is 0.383 e. The van der Waals surface area contributed by atoms with E-state index in [2.05, 4.69) is 5.32 Å². The second-order valence-corrected chi connectivity index (χ2v) is 4.15. The van der Waals surface area contributed by atoms with Crippen LogP contribution in [0.15, 0.2) is 0 Å². The molecule has 0 bridgehead atoms. The number of amides is 1. The zero-order valence-corrected chi connectivity index (χ0v) is 11.8. The lowest BCUT2D eigenvalue weighted by Crippen LogP contribution is -2.46. The summed E-state index contributed by atoms with van der Waals surface area (Å²) in [5.74, 6) is -0.296. The van der Waals surface area contributed by atoms with Gasteiger partial charge in [-0.25, -0.2) is 8.78 Å². The van der Waals surface area contributed by atoms with Crippen LogP contribution in [0.1, 0.15) is 6.42 Å². The van der Waals surface area contributed by atoms with Crippen LogP contribution < -0.4 is 5.32 Å². The van der Waals surface area contributed by atoms with Crippen molar-refractivity contribution in [2.75, 3.05) is 46.6 Å². The molecule has 0 radical (unpaired) electrons. The molecule has 1 atom stereocenters. The normalized spacial score (nSPS) is 19.1. The van der Waals surface area contributed by atoms with Gasteiger partial charge in [-0.05, 0) is 0 Å². The average molecular weight is 303 g/mol. The molecule has 8 heteroatoms. The quantitative estimate of drug-likeness (QED) is 0.745. The van der Waals surface area contributed by atoms with Crippen LogP contribution in [0.2, 0.25) is 0 Å². The number of nitrogens with one attached hydrogen (secondary N) is 1. The van der Waals surface area contributed by atoms with E-state index in [0.29, 0.717) is 19.8 Å². The summed E-state index contributed by atoms with van der Waals surface area (Å²) in [5.41, 5.74) is 0. The van der Waals surface area contributed by atoms with Crippen LogP contribution in [0.5, 0.6) is 0 Å². The summed E-state index contributed by atoms with van der Waals surface area (Å²) in [5, 5.41) is 3.12. The molecule has 114 valence electrons. The van der Waals surface area contributed by atoms with E-state index < -0.39 is 13.0 Å². The fourth-order valence-corrected chi connectivity index (χ4v) is 1.78. The number of hydrogen-bond acceptors (Lipinski definition) is 4. The molecule has 19 heavy (non-hydrogen) atoms. The van der Waals surface area contributed by atoms with E-state index in [1.54, 1.807) is 0 Å². The Kier molecular flexibility index (Phi) is 10.0. The number of ether oxygens (including phenoxy) is 2. The number of rotatable bonds is 7. The van der Waals surface area contributed by atoms with Crippen molar-refractivity contribution in [2.24, 2.45) is 0 Å². The lowest BCUT2D eigenvalue weighted by atomic mass is 10.2. The molecule has 1 N–H and O–H groups in total. The molecule has 0 aromatic rings. The second-order valence-electron chi connectivity index (χ2n) is 4.15. The van der Waals surface area contributed by atoms with Gasteiger partial charge in [-0.15, -0.1) is 12.4 Å². The smallest absolute Gasteiger partial charge is 0.255 e. The molecule has 1 rings (SSSR count). The molecule has 1 aliphatic heterocycles. The molecular weight excluding hydrogens is 282 g/mol. The Labute approximate surface area is 118 Å². The third-order valence-corrected chi connectivity index (χ3v) is 2.70. The number of halogens is 3. The summed E-state index contributed by atoms with van der Waals surface area (Å²) < 4.78 is 34.8. The molecular formula is C11H21ClF2N2O3. The molecule has 1 unspecified atom stereocenters. The van der Waals surface area contributed by atoms with Crippen molar-refractivity contribution in [3.63, 3.8) is 0 Å². The summed E-state index contributed by atoms with van der Waals surface area (Å²) in [4.78, 5) is 13.0. The van der Waals surface area contributed by atoms with Crippen LogP contribution in [0.25, 0.3) is 0 Å². The molecule has 0 aliphatic carbocycles. The SMILES string of the molecule is COCCN(CC(F)F)C(=O)CC1COCCN1.Cl. The maximum Gasteiger partial charge on any atom is 0.255 e. The average Bonchev–Trinajstić information content (AvgIpc) is 2.35. The third kappa shape index (κ3) is 7.61. The summed E-state index contributed by atoms with van der Waals surface area (Å²) >= 11 is 0. The zero-order chi connectivity index (χ0) is 13.4. The predicted octanol–water partition coefficient (Wildman–Crippen LogP) is 0.527. The number of methoxy groups -OCH3 is 1. The first-order valence-electron chi connectivity index (χ1n) is 5.99. The number of hydrogen-bond donors (Lipinski definition) is 1. The first-order valence-corrected chi connectivity index (χ1v) is 5.99. The van der Waals surface area contributed by atoms with Gasteiger partial charge in [0.15, 0.2) is 0 Å². The topological polar surface area (TPSA) is 50.8 Å². The van der Waals surface area contributed by atoms with E-state index in [9.17, 15) is 13.6 Å². The number of carbonyl (C=O) groups excluding carboxylic acids is 1. The van der Waals surface area contributed by atoms with E-state index in [1.807, 2.05) is 0 Å². The number of alkyl halides is 2. The van der Waals surface area contributed by atoms with Gasteiger partial charge in [-0.1, -0.05) is 0 Å². The molecule has 1 heterocycles. The highest BCUT2D eigenvalue weighted by Gasteiger charge is 2.22. The van der Waals surface area contributed by atoms with Crippen molar-refractivity contribution in [1.82, 2.24) is 10.2 Å². The van der Waals surface area contributed by atoms with Gasteiger partial charge in [0.25, 0.3) is 6.43 Å². The Hall–Kier alpha value is -0.500. The molecule has 1 aliphatic rings. The first-order chi connectivity index (χ1) is 8.63. The van der Waals surface area contributed by atoms with Crippen molar-refractivity contribution in [1.29, 1.82) is 0 Å². The van der Waals surface area contributed by atoms with Crippen LogP contribution in [0.3, 0.4) is 0 Å². The van der Waals surface area contributed by atoms with E-state index in [0.717, 1.165) is 4.90 Å². The fourth-order valence-electron chi connectivity index (χ4n) is 1.78. The Morgan fingerprint density at radius 1 is 1.58 bits per heavy atom. The van der Waals surface area contributed by atoms with Crippen LogP contribution in [-0.4, -0.2) is 69.8 Å². The van der Waals surface area contributed by atoms with Crippen LogP contribution in [-0.2, 0) is 14.3 Å². The minimum Gasteiger partial charge on any atom is -0.383 e. The van der Waals surface area contributed by atoms with Gasteiger partial charge in [0.05, 0.1) is 26.4 Å². The van der Waals surface area contributed by atoms with Gasteiger partial charge < -0.3 is 19.7 Å². The van der Waals surface area contributed by atoms with Gasteiger partial charge in [-0.2, -0.15) is 0 Å². The molecule has 0 spiro atoms. The lowest BCUT2D eigenvalue weighted by Gasteiger charge is -2.27. The molecule has 5 nitrogen and oxygen atoms in total. The van der Waals surface area contributed by atoms with E-state index in [1.165, 1.54) is 7.11 Å². The summed E-state index contributed by atoms with van der Waals surface area (Å²) in [7, 11) is 1.47. The van der Waals surface area contributed by atoms with Gasteiger partial charge in [0.2, 0.25) is 5.91 Å². The maximum atomic E-state index is 12.4. The molecule has 1 fully saturated rings. The molecule has 1 saturated heterocycles. The molecule has 1 amide bonds. The van der Waals surface area contributed by atoms with E-state index in [-0.39, 0.29) is 43.9 Å². The fraction of sp³-hybridized carbons (Fsp3) is 0.909. The third-order valence-electron chi connectivity index (χ3n) is 2.70. The predicted molar refractivity (Wildman–Crippen MR) is 68.9 cm³/mol. The van der Waals surface area contributed by atoms with Gasteiger partial charge in [0, 0.05) is 32.7 Å². The second kappa shape index (κ2) is 10.3. The van der Waals surface area contributed by atoms with E-state index >= 15 is 0 Å². The molecule has 0 aromatic carbocycles. The lowest BCUT2D eigenvalue weighted by molar-refractivity contribution is -0.135. The maximum absolute atomic E-state index is 12.4. The van der Waals surface area contributed by atoms with Crippen molar-refractivity contribution in [2.45, 2.75) is 18.9 Å². The Bertz CT molecular complexity index is 254. The first kappa shape index (κ1) is 18.5. The van der Waals surface area contributed by atoms with Crippen LogP contribution >= 0.6 is 12.4 Å². The van der Waals surface area contributed by atoms with Crippen molar-refractivity contribution in [3.8, 4) is 0 Å². The Balaban J connectivity index is 0.00000324. The molecule has 0 saturated carbocycles. The van der Waals surface area contributed by atoms with Crippen molar-refractivity contribution < 1.29 is 23.0 Å². The summed E-state index contributed by atoms with van der Waals surface area (Å²) in [6, 6.07) is -0.0889. The standard InChI is InChI=1S/C11H20F2N2O3.ClH/c1-17-5-3-15(7-10(12)13)11(16)6-9-8-18-4-2-14-9;/h9-10,14H,2-8H2,1H3;1H. The Morgan fingerprint density at radius 2 is 2.32 bits per heavy atom. The number of nitrogens with zero attached hydrogens (tertiary/aromatic N) is 1. The van der Waals surface area contributed by atoms with E-state index in [4.69, 9.17) is 9.47 Å². The monoisotopic (exact) mass is 302 g/mol. The highest BCUT2D eigenvalue weighted by molar-refractivity contribution is 5.85. The highest BCUT2D eigenvalue weighted by atomic mass is 35.5. The van der Waals surface area contributed by atoms with Gasteiger partial charge in [-0.3, -0.25) is 4.79 Å². The zero-order valence-electron chi connectivity index (χ0n) is 10.9. The number of carbonyl (C=O) groups is 1. The summed E-state index contributed by atoms with van der Waals surface area (Å²) in [6.07, 6.45) is -2.35. The minimum absolute atomic E-state index is 0. The summed E-state index contributed by atoms with van der Waals surface area (Å²) in [6.45, 7) is 1.65. The van der Waals surface area contributed by atoms with Crippen molar-refractivity contribution >= 4 is 18.3 Å². The number of morpholine rings is 1. The van der Waals surface area contributed by atoms with Gasteiger partial charge in [0.1, 0.15) is 0 Å². The minimum atomic E-state index is -2.53. The van der Waals surface area contributed by atoms with Gasteiger partial charge >= 0.3 is 0 Å². The Morgan fingerprint density at radius 3 is 2.84 bits per heavy atom. The van der Waals surface area contributed by atoms with Crippen molar-refractivity contribution in [3.05, 3.63) is 0 Å². The van der Waals surface area contributed by atoms with Crippen LogP contribution in [0, 0.1) is 0 Å².